The van der Waals surface area contributed by atoms with Gasteiger partial charge in [-0.15, -0.1) is 0 Å². The lowest BCUT2D eigenvalue weighted by molar-refractivity contribution is 0.0948. The molecule has 7 heteroatoms. The lowest BCUT2D eigenvalue weighted by Crippen LogP contribution is -2.24. The quantitative estimate of drug-likeness (QED) is 0.554. The normalized spacial score (nSPS) is 18.2. The van der Waals surface area contributed by atoms with E-state index in [2.05, 4.69) is 42.3 Å². The summed E-state index contributed by atoms with van der Waals surface area (Å²) in [5.74, 6) is -0.164. The summed E-state index contributed by atoms with van der Waals surface area (Å²) in [5.41, 5.74) is 1.64. The summed E-state index contributed by atoms with van der Waals surface area (Å²) in [6.07, 6.45) is 0.504. The molecule has 0 atom stereocenters. The average molecular weight is 351 g/mol. The molecule has 86 valence electrons. The largest absolute Gasteiger partial charge is 0.411 e. The molecule has 1 aromatic heterocycles. The van der Waals surface area contributed by atoms with Crippen molar-refractivity contribution in [3.8, 4) is 0 Å². The van der Waals surface area contributed by atoms with Crippen molar-refractivity contribution in [2.24, 2.45) is 12.2 Å². The minimum absolute atomic E-state index is 0.164. The summed E-state index contributed by atoms with van der Waals surface area (Å²) >= 11 is 6.76. The number of amides is 1. The van der Waals surface area contributed by atoms with Crippen LogP contribution in [0.2, 0.25) is 0 Å². The van der Waals surface area contributed by atoms with Gasteiger partial charge in [-0.05, 0) is 31.9 Å². The zero-order chi connectivity index (χ0) is 11.9. The van der Waals surface area contributed by atoms with Crippen LogP contribution in [0.15, 0.2) is 14.2 Å². The second kappa shape index (κ2) is 4.21. The van der Waals surface area contributed by atoms with Gasteiger partial charge in [-0.2, -0.15) is 0 Å². The molecule has 2 N–H and O–H groups in total. The van der Waals surface area contributed by atoms with Crippen LogP contribution in [0.4, 0.5) is 0 Å². The zero-order valence-corrected chi connectivity index (χ0v) is 11.6. The molecule has 0 saturated heterocycles. The fourth-order valence-electron chi connectivity index (χ4n) is 1.75. The minimum Gasteiger partial charge on any atom is -0.411 e. The van der Waals surface area contributed by atoms with Crippen LogP contribution in [0.3, 0.4) is 0 Å². The highest BCUT2D eigenvalue weighted by Crippen LogP contribution is 2.33. The van der Waals surface area contributed by atoms with Gasteiger partial charge in [0, 0.05) is 25.6 Å². The summed E-state index contributed by atoms with van der Waals surface area (Å²) in [7, 11) is 1.77. The van der Waals surface area contributed by atoms with Gasteiger partial charge in [-0.25, -0.2) is 0 Å². The molecule has 0 bridgehead atoms. The molecule has 1 amide bonds. The Morgan fingerprint density at radius 2 is 2.19 bits per heavy atom. The van der Waals surface area contributed by atoms with Crippen molar-refractivity contribution in [2.75, 3.05) is 6.54 Å². The van der Waals surface area contributed by atoms with Gasteiger partial charge < -0.3 is 15.1 Å². The van der Waals surface area contributed by atoms with Crippen molar-refractivity contribution in [3.05, 3.63) is 20.3 Å². The molecule has 0 saturated carbocycles. The standard InChI is InChI=1S/C9H9Br2N3O2/c1-14-7-5(6(10)8(14)11)4(13-16)2-3-12-9(7)15/h16H,2-3H2,1H3,(H,12,15)/b13-4+. The predicted molar refractivity (Wildman–Crippen MR) is 66.1 cm³/mol. The molecule has 0 unspecified atom stereocenters. The monoisotopic (exact) mass is 349 g/mol. The second-order valence-electron chi connectivity index (χ2n) is 3.44. The Morgan fingerprint density at radius 1 is 1.50 bits per heavy atom. The third kappa shape index (κ3) is 1.58. The average Bonchev–Trinajstić information content (AvgIpc) is 2.43. The van der Waals surface area contributed by atoms with Crippen LogP contribution in [-0.4, -0.2) is 27.9 Å². The summed E-state index contributed by atoms with van der Waals surface area (Å²) < 4.78 is 3.19. The summed E-state index contributed by atoms with van der Waals surface area (Å²) in [5, 5.41) is 15.0. The lowest BCUT2D eigenvalue weighted by Gasteiger charge is -2.03. The van der Waals surface area contributed by atoms with Crippen molar-refractivity contribution >= 4 is 43.5 Å². The highest BCUT2D eigenvalue weighted by molar-refractivity contribution is 9.13. The van der Waals surface area contributed by atoms with Crippen LogP contribution in [0, 0.1) is 0 Å². The lowest BCUT2D eigenvalue weighted by atomic mass is 10.1. The van der Waals surface area contributed by atoms with Gasteiger partial charge in [0.25, 0.3) is 5.91 Å². The molecule has 0 radical (unpaired) electrons. The number of nitrogens with zero attached hydrogens (tertiary/aromatic N) is 2. The molecule has 0 aliphatic carbocycles. The second-order valence-corrected chi connectivity index (χ2v) is 4.98. The Labute approximate surface area is 109 Å². The van der Waals surface area contributed by atoms with E-state index in [0.717, 1.165) is 9.08 Å². The molecule has 2 rings (SSSR count). The maximum Gasteiger partial charge on any atom is 0.268 e. The number of hydrogen-bond donors (Lipinski definition) is 2. The molecule has 16 heavy (non-hydrogen) atoms. The number of halogens is 2. The molecule has 0 spiro atoms. The first-order valence-electron chi connectivity index (χ1n) is 4.61. The third-order valence-electron chi connectivity index (χ3n) is 2.54. The van der Waals surface area contributed by atoms with E-state index in [4.69, 9.17) is 5.21 Å². The topological polar surface area (TPSA) is 66.6 Å². The van der Waals surface area contributed by atoms with Gasteiger partial charge in [0.15, 0.2) is 0 Å². The number of aromatic nitrogens is 1. The fourth-order valence-corrected chi connectivity index (χ4v) is 2.81. The van der Waals surface area contributed by atoms with Crippen molar-refractivity contribution < 1.29 is 10.0 Å². The van der Waals surface area contributed by atoms with Gasteiger partial charge in [0.2, 0.25) is 0 Å². The number of nitrogens with one attached hydrogen (secondary N) is 1. The third-order valence-corrected chi connectivity index (χ3v) is 4.77. The van der Waals surface area contributed by atoms with Crippen LogP contribution in [0.5, 0.6) is 0 Å². The number of carbonyl (C=O) groups excluding carboxylic acids is 1. The van der Waals surface area contributed by atoms with E-state index in [0.29, 0.717) is 29.9 Å². The SMILES string of the molecule is Cn1c(Br)c(Br)c2c1C(=O)NCC/C2=N\O. The number of fused-ring (bicyclic) bond motifs is 1. The van der Waals surface area contributed by atoms with E-state index in [-0.39, 0.29) is 5.91 Å². The Kier molecular flexibility index (Phi) is 3.07. The summed E-state index contributed by atoms with van der Waals surface area (Å²) in [4.78, 5) is 11.8. The van der Waals surface area contributed by atoms with Gasteiger partial charge >= 0.3 is 0 Å². The Hall–Kier alpha value is -0.820. The zero-order valence-electron chi connectivity index (χ0n) is 8.42. The minimum atomic E-state index is -0.164. The first kappa shape index (κ1) is 11.7. The molecule has 5 nitrogen and oxygen atoms in total. The number of oxime groups is 1. The highest BCUT2D eigenvalue weighted by Gasteiger charge is 2.28. The molecule has 2 heterocycles. The molecule has 0 fully saturated rings. The number of carbonyl (C=O) groups is 1. The van der Waals surface area contributed by atoms with Crippen LogP contribution in [0.25, 0.3) is 0 Å². The van der Waals surface area contributed by atoms with Crippen LogP contribution >= 0.6 is 31.9 Å². The van der Waals surface area contributed by atoms with Crippen molar-refractivity contribution in [2.45, 2.75) is 6.42 Å². The maximum absolute atomic E-state index is 11.8. The highest BCUT2D eigenvalue weighted by atomic mass is 79.9. The molecule has 1 aliphatic rings. The first-order valence-corrected chi connectivity index (χ1v) is 6.19. The molecule has 1 aromatic rings. The van der Waals surface area contributed by atoms with Gasteiger partial charge in [0.05, 0.1) is 10.2 Å². The van der Waals surface area contributed by atoms with Crippen LogP contribution < -0.4 is 5.32 Å². The van der Waals surface area contributed by atoms with Gasteiger partial charge in [-0.3, -0.25) is 4.79 Å². The Morgan fingerprint density at radius 3 is 2.81 bits per heavy atom. The molecule has 1 aliphatic heterocycles. The maximum atomic E-state index is 11.8. The summed E-state index contributed by atoms with van der Waals surface area (Å²) in [6, 6.07) is 0. The van der Waals surface area contributed by atoms with E-state index in [9.17, 15) is 4.79 Å². The van der Waals surface area contributed by atoms with Crippen LogP contribution in [0.1, 0.15) is 22.5 Å². The van der Waals surface area contributed by atoms with Crippen LogP contribution in [-0.2, 0) is 7.05 Å². The first-order chi connectivity index (χ1) is 7.57. The van der Waals surface area contributed by atoms with Crippen molar-refractivity contribution in [1.29, 1.82) is 0 Å². The van der Waals surface area contributed by atoms with E-state index in [1.165, 1.54) is 0 Å². The van der Waals surface area contributed by atoms with E-state index in [1.54, 1.807) is 11.6 Å². The molecular weight excluding hydrogens is 342 g/mol. The van der Waals surface area contributed by atoms with E-state index < -0.39 is 0 Å². The number of rotatable bonds is 0. The van der Waals surface area contributed by atoms with Gasteiger partial charge in [-0.1, -0.05) is 5.16 Å². The fraction of sp³-hybridized carbons (Fsp3) is 0.333. The van der Waals surface area contributed by atoms with Crippen molar-refractivity contribution in [1.82, 2.24) is 9.88 Å². The summed E-state index contributed by atoms with van der Waals surface area (Å²) in [6.45, 7) is 0.469. The number of hydrogen-bond acceptors (Lipinski definition) is 3. The van der Waals surface area contributed by atoms with Crippen molar-refractivity contribution in [3.63, 3.8) is 0 Å². The van der Waals surface area contributed by atoms with Gasteiger partial charge in [0.1, 0.15) is 10.3 Å². The molecule has 0 aromatic carbocycles. The molecular formula is C9H9Br2N3O2. The Bertz CT molecular complexity index is 493. The van der Waals surface area contributed by atoms with E-state index >= 15 is 0 Å². The smallest absolute Gasteiger partial charge is 0.268 e. The predicted octanol–water partition coefficient (Wildman–Crippen LogP) is 1.86. The Balaban J connectivity index is 2.77. The van der Waals surface area contributed by atoms with E-state index in [1.807, 2.05) is 0 Å².